The predicted molar refractivity (Wildman–Crippen MR) is 65.4 cm³/mol. The van der Waals surface area contributed by atoms with Crippen molar-refractivity contribution >= 4 is 63.7 Å². The summed E-state index contributed by atoms with van der Waals surface area (Å²) in [6.07, 6.45) is -10.8. The molecule has 0 radical (unpaired) electrons. The Morgan fingerprint density at radius 1 is 0.409 bits per heavy atom. The number of hydrogen-bond donors (Lipinski definition) is 0. The fourth-order valence-corrected chi connectivity index (χ4v) is 1.09. The third-order valence-corrected chi connectivity index (χ3v) is 4.22. The molecule has 0 amide bonds. The highest BCUT2D eigenvalue weighted by atomic mass is 79.9. The fourth-order valence-electron chi connectivity index (χ4n) is 0.321. The summed E-state index contributed by atoms with van der Waals surface area (Å²) in [5, 5.41) is 0. The van der Waals surface area contributed by atoms with Gasteiger partial charge in [-0.3, -0.25) is 0 Å². The first-order chi connectivity index (χ1) is 9.00. The lowest BCUT2D eigenvalue weighted by Gasteiger charge is -2.25. The van der Waals surface area contributed by atoms with Crippen molar-refractivity contribution < 1.29 is 52.7 Å². The monoisotopic (exact) mass is 616 g/mol. The van der Waals surface area contributed by atoms with Crippen LogP contribution in [0.25, 0.3) is 0 Å². The third kappa shape index (κ3) is 6.18. The molecule has 136 valence electrons. The molecule has 22 heavy (non-hydrogen) atoms. The zero-order valence-electron chi connectivity index (χ0n) is 9.05. The van der Waals surface area contributed by atoms with Crippen molar-refractivity contribution in [1.29, 1.82) is 0 Å². The molecule has 0 aromatic carbocycles. The topological polar surface area (TPSA) is 0 Å². The Bertz CT molecular complexity index is 290. The summed E-state index contributed by atoms with van der Waals surface area (Å²) in [4.78, 5) is -9.88. The molecule has 16 heteroatoms. The molecule has 0 unspecified atom stereocenters. The molecule has 0 aliphatic heterocycles. The van der Waals surface area contributed by atoms with Gasteiger partial charge in [0.15, 0.2) is 0 Å². The largest absolute Gasteiger partial charge is 0.422 e. The highest BCUT2D eigenvalue weighted by molar-refractivity contribution is 9.25. The highest BCUT2D eigenvalue weighted by Gasteiger charge is 2.70. The maximum Gasteiger partial charge on any atom is 0.422 e. The third-order valence-electron chi connectivity index (χ3n) is 1.42. The minimum absolute atomic E-state index is 1.14. The van der Waals surface area contributed by atoms with Gasteiger partial charge in [0.1, 0.15) is 0 Å². The van der Waals surface area contributed by atoms with E-state index in [1.54, 1.807) is 0 Å². The van der Waals surface area contributed by atoms with Crippen LogP contribution in [-0.4, -0.2) is 31.2 Å². The molecular weight excluding hydrogens is 620 g/mol. The Hall–Kier alpha value is 1.08. The van der Waals surface area contributed by atoms with E-state index in [-0.39, 0.29) is 0 Å². The second kappa shape index (κ2) is 7.14. The molecule has 0 fully saturated rings. The predicted octanol–water partition coefficient (Wildman–Crippen LogP) is 7.19. The number of halogens is 16. The Morgan fingerprint density at radius 2 is 0.591 bits per heavy atom. The molecule has 0 heterocycles. The Labute approximate surface area is 147 Å². The smallest absolute Gasteiger partial charge is 0.191 e. The first kappa shape index (κ1) is 25.3. The number of alkyl halides is 16. The molecule has 0 rings (SSSR count). The van der Waals surface area contributed by atoms with Crippen molar-refractivity contribution in [3.63, 3.8) is 0 Å². The van der Waals surface area contributed by atoms with Gasteiger partial charge >= 0.3 is 27.9 Å². The van der Waals surface area contributed by atoms with Crippen molar-refractivity contribution in [3.05, 3.63) is 0 Å². The van der Waals surface area contributed by atoms with Crippen molar-refractivity contribution in [2.24, 2.45) is 0 Å². The summed E-state index contributed by atoms with van der Waals surface area (Å²) in [7, 11) is 0. The highest BCUT2D eigenvalue weighted by Crippen LogP contribution is 2.53. The van der Waals surface area contributed by atoms with Crippen molar-refractivity contribution in [1.82, 2.24) is 0 Å². The van der Waals surface area contributed by atoms with Crippen LogP contribution in [0.4, 0.5) is 52.7 Å². The molecule has 0 saturated carbocycles. The maximum atomic E-state index is 11.8. The number of hydrogen-bond acceptors (Lipinski definition) is 0. The maximum absolute atomic E-state index is 11.8. The summed E-state index contributed by atoms with van der Waals surface area (Å²) < 4.78 is 135. The minimum Gasteiger partial charge on any atom is -0.191 e. The van der Waals surface area contributed by atoms with Gasteiger partial charge in [0.05, 0.1) is 0 Å². The van der Waals surface area contributed by atoms with Crippen LogP contribution in [0.2, 0.25) is 0 Å². The van der Waals surface area contributed by atoms with E-state index in [1.165, 1.54) is 31.9 Å². The van der Waals surface area contributed by atoms with Gasteiger partial charge in [-0.2, -0.15) is 52.7 Å². The van der Waals surface area contributed by atoms with Crippen LogP contribution in [-0.2, 0) is 0 Å². The van der Waals surface area contributed by atoms with Crippen molar-refractivity contribution in [3.8, 4) is 0 Å². The fraction of sp³-hybridized carbons (Fsp3) is 1.00. The van der Waals surface area contributed by atoms with Gasteiger partial charge in [0, 0.05) is 0 Å². The van der Waals surface area contributed by atoms with Gasteiger partial charge in [0.25, 0.3) is 3.23 Å². The van der Waals surface area contributed by atoms with Gasteiger partial charge in [0.2, 0.25) is 0 Å². The van der Waals surface area contributed by atoms with Gasteiger partial charge in [-0.1, -0.05) is 31.9 Å². The first-order valence-electron chi connectivity index (χ1n) is 4.02. The average molecular weight is 620 g/mol. The summed E-state index contributed by atoms with van der Waals surface area (Å²) >= 11 is 5.26. The standard InChI is InChI=1S/2C3Br2F6/c4-2(8,9)1(6,7)3(5,10)11;4-1(5,2(6,7)8)3(9,10)11. The van der Waals surface area contributed by atoms with Gasteiger partial charge in [-0.25, -0.2) is 0 Å². The number of rotatable bonds is 2. The SMILES string of the molecule is FC(F)(Br)C(F)(F)C(F)(F)Br.FC(F)(F)C(Br)(Br)C(F)(F)F. The Kier molecular flexibility index (Phi) is 8.21. The summed E-state index contributed by atoms with van der Waals surface area (Å²) in [5.74, 6) is -5.46. The van der Waals surface area contributed by atoms with Gasteiger partial charge < -0.3 is 0 Å². The molecule has 0 aromatic rings. The second-order valence-corrected chi connectivity index (χ2v) is 8.57. The van der Waals surface area contributed by atoms with E-state index in [2.05, 4.69) is 0 Å². The molecule has 0 bridgehead atoms. The van der Waals surface area contributed by atoms with E-state index in [1.807, 2.05) is 0 Å². The molecule has 0 aliphatic carbocycles. The summed E-state index contributed by atoms with van der Waals surface area (Å²) in [6, 6.07) is 0. The van der Waals surface area contributed by atoms with Gasteiger partial charge in [-0.05, 0) is 31.9 Å². The zero-order valence-corrected chi connectivity index (χ0v) is 15.4. The van der Waals surface area contributed by atoms with Crippen LogP contribution in [0.5, 0.6) is 0 Å². The molecule has 0 spiro atoms. The lowest BCUT2D eigenvalue weighted by atomic mass is 10.4. The molecule has 0 saturated heterocycles. The minimum atomic E-state index is -5.46. The molecule has 0 aliphatic rings. The van der Waals surface area contributed by atoms with Crippen LogP contribution in [0.15, 0.2) is 0 Å². The van der Waals surface area contributed by atoms with E-state index in [4.69, 9.17) is 0 Å². The van der Waals surface area contributed by atoms with E-state index >= 15 is 0 Å². The Morgan fingerprint density at radius 3 is 0.591 bits per heavy atom. The second-order valence-electron chi connectivity index (χ2n) is 3.14. The molecule has 0 atom stereocenters. The van der Waals surface area contributed by atoms with Crippen LogP contribution in [0.3, 0.4) is 0 Å². The van der Waals surface area contributed by atoms with E-state index in [0.717, 1.165) is 31.9 Å². The van der Waals surface area contributed by atoms with Crippen LogP contribution >= 0.6 is 63.7 Å². The van der Waals surface area contributed by atoms with Crippen LogP contribution in [0.1, 0.15) is 0 Å². The van der Waals surface area contributed by atoms with E-state index in [0.29, 0.717) is 0 Å². The molecule has 0 N–H and O–H groups in total. The van der Waals surface area contributed by atoms with E-state index in [9.17, 15) is 52.7 Å². The molecule has 0 aromatic heterocycles. The normalized spacial score (nSPS) is 15.3. The quantitative estimate of drug-likeness (QED) is 0.227. The molecule has 0 nitrogen and oxygen atoms in total. The van der Waals surface area contributed by atoms with Crippen molar-refractivity contribution in [2.75, 3.05) is 0 Å². The first-order valence-corrected chi connectivity index (χ1v) is 7.20. The Balaban J connectivity index is 0. The molecular formula is C6Br4F12. The van der Waals surface area contributed by atoms with Crippen LogP contribution in [0, 0.1) is 0 Å². The summed E-state index contributed by atoms with van der Waals surface area (Å²) in [5.41, 5.74) is 0. The zero-order chi connectivity index (χ0) is 19.0. The van der Waals surface area contributed by atoms with E-state index < -0.39 is 31.2 Å². The van der Waals surface area contributed by atoms with Crippen molar-refractivity contribution in [2.45, 2.75) is 31.2 Å². The summed E-state index contributed by atoms with van der Waals surface area (Å²) in [6.45, 7) is 0. The van der Waals surface area contributed by atoms with Gasteiger partial charge in [-0.15, -0.1) is 0 Å². The lowest BCUT2D eigenvalue weighted by Crippen LogP contribution is -2.47. The van der Waals surface area contributed by atoms with Crippen LogP contribution < -0.4 is 0 Å². The lowest BCUT2D eigenvalue weighted by molar-refractivity contribution is -0.231. The average Bonchev–Trinajstić information content (AvgIpc) is 2.10.